The first-order chi connectivity index (χ1) is 9.77. The van der Waals surface area contributed by atoms with Crippen LogP contribution >= 0.6 is 11.6 Å². The van der Waals surface area contributed by atoms with Crippen molar-refractivity contribution in [3.8, 4) is 11.6 Å². The zero-order valence-corrected chi connectivity index (χ0v) is 11.1. The summed E-state index contributed by atoms with van der Waals surface area (Å²) in [6, 6.07) is 7.21. The van der Waals surface area contributed by atoms with Gasteiger partial charge in [-0.25, -0.2) is 4.98 Å². The van der Waals surface area contributed by atoms with E-state index in [4.69, 9.17) is 22.1 Å². The van der Waals surface area contributed by atoms with E-state index in [9.17, 15) is 18.0 Å². The summed E-state index contributed by atoms with van der Waals surface area (Å²) < 4.78 is 43.2. The third-order valence-electron chi connectivity index (χ3n) is 2.46. The SMILES string of the molecule is NC(=O)c1ccccc1Oc1cc(C(F)(F)F)cc(Cl)n1. The molecular weight excluding hydrogens is 309 g/mol. The fraction of sp³-hybridized carbons (Fsp3) is 0.0769. The highest BCUT2D eigenvalue weighted by atomic mass is 35.5. The number of carbonyl (C=O) groups excluding carboxylic acids is 1. The molecule has 0 radical (unpaired) electrons. The van der Waals surface area contributed by atoms with Gasteiger partial charge in [-0.2, -0.15) is 13.2 Å². The predicted molar refractivity (Wildman–Crippen MR) is 69.3 cm³/mol. The molecular formula is C13H8ClF3N2O2. The van der Waals surface area contributed by atoms with Gasteiger partial charge in [0, 0.05) is 6.07 Å². The largest absolute Gasteiger partial charge is 0.438 e. The monoisotopic (exact) mass is 316 g/mol. The summed E-state index contributed by atoms with van der Waals surface area (Å²) in [5, 5.41) is -0.378. The summed E-state index contributed by atoms with van der Waals surface area (Å²) in [4.78, 5) is 14.9. The van der Waals surface area contributed by atoms with Crippen LogP contribution in [0.15, 0.2) is 36.4 Å². The topological polar surface area (TPSA) is 65.2 Å². The molecule has 2 aromatic rings. The van der Waals surface area contributed by atoms with Crippen molar-refractivity contribution in [2.75, 3.05) is 0 Å². The van der Waals surface area contributed by atoms with Crippen LogP contribution in [-0.4, -0.2) is 10.9 Å². The second-order valence-corrected chi connectivity index (χ2v) is 4.36. The molecule has 1 heterocycles. The maximum Gasteiger partial charge on any atom is 0.416 e. The number of aromatic nitrogens is 1. The number of nitrogens with zero attached hydrogens (tertiary/aromatic N) is 1. The van der Waals surface area contributed by atoms with Crippen LogP contribution in [-0.2, 0) is 6.18 Å². The first-order valence-corrected chi connectivity index (χ1v) is 5.96. The van der Waals surface area contributed by atoms with Gasteiger partial charge in [-0.05, 0) is 18.2 Å². The first-order valence-electron chi connectivity index (χ1n) is 5.59. The van der Waals surface area contributed by atoms with Gasteiger partial charge < -0.3 is 10.5 Å². The van der Waals surface area contributed by atoms with Gasteiger partial charge in [-0.15, -0.1) is 0 Å². The van der Waals surface area contributed by atoms with E-state index in [2.05, 4.69) is 4.98 Å². The van der Waals surface area contributed by atoms with Gasteiger partial charge in [0.25, 0.3) is 5.91 Å². The van der Waals surface area contributed by atoms with Crippen LogP contribution in [0.2, 0.25) is 5.15 Å². The van der Waals surface area contributed by atoms with Crippen LogP contribution in [0.3, 0.4) is 0 Å². The number of amides is 1. The number of alkyl halides is 3. The Morgan fingerprint density at radius 2 is 1.90 bits per heavy atom. The Morgan fingerprint density at radius 1 is 1.24 bits per heavy atom. The highest BCUT2D eigenvalue weighted by Gasteiger charge is 2.32. The van der Waals surface area contributed by atoms with E-state index in [1.54, 1.807) is 6.07 Å². The molecule has 0 aliphatic carbocycles. The molecule has 21 heavy (non-hydrogen) atoms. The lowest BCUT2D eigenvalue weighted by atomic mass is 10.2. The van der Waals surface area contributed by atoms with Crippen molar-refractivity contribution in [3.05, 3.63) is 52.7 Å². The molecule has 8 heteroatoms. The van der Waals surface area contributed by atoms with E-state index in [0.717, 1.165) is 0 Å². The minimum absolute atomic E-state index is 0.00658. The molecule has 0 bridgehead atoms. The second-order valence-electron chi connectivity index (χ2n) is 3.98. The van der Waals surface area contributed by atoms with Crippen molar-refractivity contribution < 1.29 is 22.7 Å². The average Bonchev–Trinajstić information content (AvgIpc) is 2.37. The minimum atomic E-state index is -4.59. The van der Waals surface area contributed by atoms with Crippen molar-refractivity contribution in [1.29, 1.82) is 0 Å². The first kappa shape index (κ1) is 15.1. The molecule has 0 saturated heterocycles. The maximum atomic E-state index is 12.7. The number of benzene rings is 1. The van der Waals surface area contributed by atoms with Gasteiger partial charge in [0.2, 0.25) is 5.88 Å². The lowest BCUT2D eigenvalue weighted by Gasteiger charge is -2.11. The quantitative estimate of drug-likeness (QED) is 0.879. The maximum absolute atomic E-state index is 12.7. The fourth-order valence-corrected chi connectivity index (χ4v) is 1.76. The molecule has 4 nitrogen and oxygen atoms in total. The number of nitrogens with two attached hydrogens (primary N) is 1. The molecule has 110 valence electrons. The smallest absolute Gasteiger partial charge is 0.416 e. The standard InChI is InChI=1S/C13H8ClF3N2O2/c14-10-5-7(13(15,16)17)6-11(19-10)21-9-4-2-1-3-8(9)12(18)20/h1-6H,(H2,18,20). The van der Waals surface area contributed by atoms with Crippen molar-refractivity contribution in [2.24, 2.45) is 5.73 Å². The van der Waals surface area contributed by atoms with Gasteiger partial charge in [-0.3, -0.25) is 4.79 Å². The molecule has 1 aromatic carbocycles. The van der Waals surface area contributed by atoms with Gasteiger partial charge in [0.05, 0.1) is 11.1 Å². The molecule has 1 amide bonds. The van der Waals surface area contributed by atoms with Crippen LogP contribution in [0.4, 0.5) is 13.2 Å². The number of primary amides is 1. The van der Waals surface area contributed by atoms with E-state index >= 15 is 0 Å². The zero-order chi connectivity index (χ0) is 15.6. The van der Waals surface area contributed by atoms with Gasteiger partial charge in [0.15, 0.2) is 0 Å². The number of ether oxygens (including phenoxy) is 1. The van der Waals surface area contributed by atoms with E-state index in [0.29, 0.717) is 12.1 Å². The highest BCUT2D eigenvalue weighted by Crippen LogP contribution is 2.34. The normalized spacial score (nSPS) is 11.2. The van der Waals surface area contributed by atoms with Gasteiger partial charge in [-0.1, -0.05) is 23.7 Å². The summed E-state index contributed by atoms with van der Waals surface area (Å²) in [6.45, 7) is 0. The van der Waals surface area contributed by atoms with Crippen LogP contribution in [0, 0.1) is 0 Å². The van der Waals surface area contributed by atoms with Crippen molar-refractivity contribution in [1.82, 2.24) is 4.98 Å². The molecule has 0 fully saturated rings. The summed E-state index contributed by atoms with van der Waals surface area (Å²) in [5.74, 6) is -1.17. The zero-order valence-electron chi connectivity index (χ0n) is 10.3. The fourth-order valence-electron chi connectivity index (χ4n) is 1.56. The Hall–Kier alpha value is -2.28. The lowest BCUT2D eigenvalue weighted by Crippen LogP contribution is -2.12. The number of hydrogen-bond donors (Lipinski definition) is 1. The van der Waals surface area contributed by atoms with Crippen LogP contribution in [0.5, 0.6) is 11.6 Å². The van der Waals surface area contributed by atoms with Gasteiger partial charge >= 0.3 is 6.18 Å². The summed E-state index contributed by atoms with van der Waals surface area (Å²) in [6.07, 6.45) is -4.59. The number of pyridine rings is 1. The lowest BCUT2D eigenvalue weighted by molar-refractivity contribution is -0.137. The summed E-state index contributed by atoms with van der Waals surface area (Å²) in [5.41, 5.74) is 4.17. The molecule has 0 unspecified atom stereocenters. The molecule has 0 saturated carbocycles. The molecule has 0 aliphatic heterocycles. The summed E-state index contributed by atoms with van der Waals surface area (Å²) >= 11 is 5.54. The third kappa shape index (κ3) is 3.63. The van der Waals surface area contributed by atoms with Crippen molar-refractivity contribution in [3.63, 3.8) is 0 Å². The molecule has 1 aromatic heterocycles. The Morgan fingerprint density at radius 3 is 2.52 bits per heavy atom. The average molecular weight is 317 g/mol. The second kappa shape index (κ2) is 5.61. The molecule has 0 spiro atoms. The number of carbonyl (C=O) groups is 1. The Balaban J connectivity index is 2.41. The third-order valence-corrected chi connectivity index (χ3v) is 2.66. The van der Waals surface area contributed by atoms with Crippen LogP contribution in [0.25, 0.3) is 0 Å². The molecule has 0 atom stereocenters. The Labute approximate surface area is 122 Å². The van der Waals surface area contributed by atoms with Crippen molar-refractivity contribution >= 4 is 17.5 Å². The van der Waals surface area contributed by atoms with Crippen LogP contribution < -0.4 is 10.5 Å². The van der Waals surface area contributed by atoms with Crippen LogP contribution in [0.1, 0.15) is 15.9 Å². The Kier molecular flexibility index (Phi) is 4.04. The predicted octanol–water partition coefficient (Wildman–Crippen LogP) is 3.65. The highest BCUT2D eigenvalue weighted by molar-refractivity contribution is 6.29. The molecule has 0 aliphatic rings. The molecule has 2 N–H and O–H groups in total. The molecule has 2 rings (SSSR count). The number of rotatable bonds is 3. The number of hydrogen-bond acceptors (Lipinski definition) is 3. The number of halogens is 4. The van der Waals surface area contributed by atoms with E-state index in [1.165, 1.54) is 18.2 Å². The summed E-state index contributed by atoms with van der Waals surface area (Å²) in [7, 11) is 0. The number of para-hydroxylation sites is 1. The van der Waals surface area contributed by atoms with Gasteiger partial charge in [0.1, 0.15) is 10.9 Å². The van der Waals surface area contributed by atoms with E-state index in [1.807, 2.05) is 0 Å². The Bertz CT molecular complexity index is 689. The van der Waals surface area contributed by atoms with E-state index < -0.39 is 17.6 Å². The van der Waals surface area contributed by atoms with Crippen molar-refractivity contribution in [2.45, 2.75) is 6.18 Å². The minimum Gasteiger partial charge on any atom is -0.438 e. The van der Waals surface area contributed by atoms with E-state index in [-0.39, 0.29) is 22.3 Å².